The predicted octanol–water partition coefficient (Wildman–Crippen LogP) is 1.33. The fraction of sp³-hybridized carbons (Fsp3) is 0.500. The molecule has 0 saturated carbocycles. The number of hydrogen-bond donors (Lipinski definition) is 2. The molecule has 2 unspecified atom stereocenters. The van der Waals surface area contributed by atoms with Crippen LogP contribution in [0.25, 0.3) is 0 Å². The maximum atomic E-state index is 12.2. The van der Waals surface area contributed by atoms with Crippen molar-refractivity contribution in [3.63, 3.8) is 0 Å². The van der Waals surface area contributed by atoms with E-state index < -0.39 is 15.6 Å². The van der Waals surface area contributed by atoms with Crippen molar-refractivity contribution in [2.75, 3.05) is 7.11 Å². The summed E-state index contributed by atoms with van der Waals surface area (Å²) in [6.45, 7) is 5.41. The van der Waals surface area contributed by atoms with Crippen LogP contribution in [0, 0.1) is 0 Å². The van der Waals surface area contributed by atoms with E-state index in [1.807, 2.05) is 13.8 Å². The summed E-state index contributed by atoms with van der Waals surface area (Å²) in [5.74, 6) is -0.212. The zero-order chi connectivity index (χ0) is 16.3. The quantitative estimate of drug-likeness (QED) is 0.827. The molecule has 0 bridgehead atoms. The first kappa shape index (κ1) is 17.6. The number of hydrogen-bond acceptors (Lipinski definition) is 4. The van der Waals surface area contributed by atoms with Gasteiger partial charge < -0.3 is 10.1 Å². The molecular formula is C14H22N2O4S. The van der Waals surface area contributed by atoms with Gasteiger partial charge in [0, 0.05) is 7.11 Å². The van der Waals surface area contributed by atoms with Crippen molar-refractivity contribution in [1.82, 2.24) is 5.32 Å². The summed E-state index contributed by atoms with van der Waals surface area (Å²) in [5.41, 5.74) is -0.0975. The molecule has 0 aliphatic heterocycles. The molecule has 0 aliphatic carbocycles. The van der Waals surface area contributed by atoms with Gasteiger partial charge in [0.15, 0.2) is 0 Å². The predicted molar refractivity (Wildman–Crippen MR) is 80.1 cm³/mol. The molecule has 7 heteroatoms. The number of benzene rings is 1. The van der Waals surface area contributed by atoms with Crippen molar-refractivity contribution >= 4 is 15.9 Å². The summed E-state index contributed by atoms with van der Waals surface area (Å²) in [6, 6.07) is 5.82. The fourth-order valence-corrected chi connectivity index (χ4v) is 2.29. The Balaban J connectivity index is 2.86. The van der Waals surface area contributed by atoms with Gasteiger partial charge in [-0.3, -0.25) is 4.79 Å². The lowest BCUT2D eigenvalue weighted by Crippen LogP contribution is -2.46. The molecule has 0 fully saturated rings. The normalized spacial score (nSPS) is 16.0. The average molecular weight is 314 g/mol. The van der Waals surface area contributed by atoms with Gasteiger partial charge in [0.25, 0.3) is 5.91 Å². The highest BCUT2D eigenvalue weighted by Crippen LogP contribution is 2.19. The minimum Gasteiger partial charge on any atom is -0.369 e. The van der Waals surface area contributed by atoms with Crippen LogP contribution in [0.1, 0.15) is 38.8 Å². The van der Waals surface area contributed by atoms with Gasteiger partial charge >= 0.3 is 0 Å². The van der Waals surface area contributed by atoms with Crippen molar-refractivity contribution in [2.24, 2.45) is 5.14 Å². The maximum absolute atomic E-state index is 12.2. The number of rotatable bonds is 6. The number of nitrogens with one attached hydrogen (secondary N) is 1. The zero-order valence-corrected chi connectivity index (χ0v) is 13.5. The van der Waals surface area contributed by atoms with Gasteiger partial charge in [-0.1, -0.05) is 19.1 Å². The number of amides is 1. The standard InChI is InChI=1S/C14H22N2O4S/c1-5-14(3,20-4)13(17)16-10(2)11-6-8-12(9-7-11)21(15,18)19/h6-10H,5H2,1-4H3,(H,16,17)(H2,15,18,19). The number of sulfonamides is 1. The van der Waals surface area contributed by atoms with E-state index in [2.05, 4.69) is 5.32 Å². The van der Waals surface area contributed by atoms with E-state index in [0.717, 1.165) is 5.56 Å². The Morgan fingerprint density at radius 1 is 1.38 bits per heavy atom. The first-order valence-electron chi connectivity index (χ1n) is 6.63. The van der Waals surface area contributed by atoms with Crippen molar-refractivity contribution in [3.05, 3.63) is 29.8 Å². The second-order valence-corrected chi connectivity index (χ2v) is 6.66. The minimum atomic E-state index is -3.71. The van der Waals surface area contributed by atoms with Crippen LogP contribution < -0.4 is 10.5 Å². The monoisotopic (exact) mass is 314 g/mol. The number of methoxy groups -OCH3 is 1. The molecule has 21 heavy (non-hydrogen) atoms. The van der Waals surface area contributed by atoms with E-state index in [1.54, 1.807) is 19.1 Å². The van der Waals surface area contributed by atoms with Crippen LogP contribution in [0.15, 0.2) is 29.2 Å². The van der Waals surface area contributed by atoms with Crippen LogP contribution in [-0.4, -0.2) is 27.0 Å². The Morgan fingerprint density at radius 2 is 1.90 bits per heavy atom. The summed E-state index contributed by atoms with van der Waals surface area (Å²) < 4.78 is 27.6. The Kier molecular flexibility index (Phi) is 5.49. The summed E-state index contributed by atoms with van der Waals surface area (Å²) in [4.78, 5) is 12.2. The Morgan fingerprint density at radius 3 is 2.29 bits per heavy atom. The zero-order valence-electron chi connectivity index (χ0n) is 12.7. The molecule has 0 heterocycles. The van der Waals surface area contributed by atoms with Crippen LogP contribution in [-0.2, 0) is 19.6 Å². The van der Waals surface area contributed by atoms with Crippen molar-refractivity contribution in [1.29, 1.82) is 0 Å². The molecule has 0 spiro atoms. The molecule has 0 aliphatic rings. The van der Waals surface area contributed by atoms with Gasteiger partial charge in [0.2, 0.25) is 10.0 Å². The molecule has 118 valence electrons. The van der Waals surface area contributed by atoms with E-state index in [9.17, 15) is 13.2 Å². The Hall–Kier alpha value is -1.44. The summed E-state index contributed by atoms with van der Waals surface area (Å²) in [5, 5.41) is 7.89. The third-order valence-corrected chi connectivity index (χ3v) is 4.59. The third-order valence-electron chi connectivity index (χ3n) is 3.66. The summed E-state index contributed by atoms with van der Waals surface area (Å²) in [6.07, 6.45) is 0.548. The minimum absolute atomic E-state index is 0.0417. The highest BCUT2D eigenvalue weighted by atomic mass is 32.2. The van der Waals surface area contributed by atoms with Gasteiger partial charge in [-0.25, -0.2) is 13.6 Å². The van der Waals surface area contributed by atoms with Crippen LogP contribution in [0.3, 0.4) is 0 Å². The lowest BCUT2D eigenvalue weighted by molar-refractivity contribution is -0.142. The molecule has 0 radical (unpaired) electrons. The lowest BCUT2D eigenvalue weighted by atomic mass is 10.0. The third kappa shape index (κ3) is 4.26. The van der Waals surface area contributed by atoms with E-state index in [1.165, 1.54) is 19.2 Å². The summed E-state index contributed by atoms with van der Waals surface area (Å²) >= 11 is 0. The Bertz CT molecular complexity index is 592. The largest absolute Gasteiger partial charge is 0.369 e. The molecule has 1 aromatic carbocycles. The summed E-state index contributed by atoms with van der Waals surface area (Å²) in [7, 11) is -2.21. The highest BCUT2D eigenvalue weighted by Gasteiger charge is 2.31. The van der Waals surface area contributed by atoms with Gasteiger partial charge in [0.05, 0.1) is 10.9 Å². The van der Waals surface area contributed by atoms with Gasteiger partial charge in [-0.2, -0.15) is 0 Å². The molecule has 2 atom stereocenters. The fourth-order valence-electron chi connectivity index (χ4n) is 1.78. The highest BCUT2D eigenvalue weighted by molar-refractivity contribution is 7.89. The molecule has 0 saturated heterocycles. The van der Waals surface area contributed by atoms with Crippen LogP contribution >= 0.6 is 0 Å². The topological polar surface area (TPSA) is 98.5 Å². The molecule has 3 N–H and O–H groups in total. The molecular weight excluding hydrogens is 292 g/mol. The van der Waals surface area contributed by atoms with Gasteiger partial charge in [0.1, 0.15) is 5.60 Å². The van der Waals surface area contributed by atoms with E-state index in [4.69, 9.17) is 9.88 Å². The maximum Gasteiger partial charge on any atom is 0.252 e. The molecule has 1 amide bonds. The second-order valence-electron chi connectivity index (χ2n) is 5.10. The first-order chi connectivity index (χ1) is 9.64. The molecule has 6 nitrogen and oxygen atoms in total. The van der Waals surface area contributed by atoms with Gasteiger partial charge in [-0.15, -0.1) is 0 Å². The molecule has 1 rings (SSSR count). The second kappa shape index (κ2) is 6.55. The van der Waals surface area contributed by atoms with E-state index >= 15 is 0 Å². The number of ether oxygens (including phenoxy) is 1. The number of nitrogens with two attached hydrogens (primary N) is 1. The van der Waals surface area contributed by atoms with Crippen LogP contribution in [0.5, 0.6) is 0 Å². The van der Waals surface area contributed by atoms with Crippen LogP contribution in [0.4, 0.5) is 0 Å². The molecule has 1 aromatic rings. The SMILES string of the molecule is CCC(C)(OC)C(=O)NC(C)c1ccc(S(N)(=O)=O)cc1. The van der Waals surface area contributed by atoms with Crippen molar-refractivity contribution < 1.29 is 17.9 Å². The smallest absolute Gasteiger partial charge is 0.252 e. The van der Waals surface area contributed by atoms with E-state index in [-0.39, 0.29) is 16.8 Å². The Labute approximate surface area is 125 Å². The first-order valence-corrected chi connectivity index (χ1v) is 8.17. The van der Waals surface area contributed by atoms with E-state index in [0.29, 0.717) is 6.42 Å². The average Bonchev–Trinajstić information content (AvgIpc) is 2.45. The number of carbonyl (C=O) groups excluding carboxylic acids is 1. The van der Waals surface area contributed by atoms with Crippen molar-refractivity contribution in [3.8, 4) is 0 Å². The number of primary sulfonamides is 1. The molecule has 0 aromatic heterocycles. The van der Waals surface area contributed by atoms with Crippen molar-refractivity contribution in [2.45, 2.75) is 43.7 Å². The lowest BCUT2D eigenvalue weighted by Gasteiger charge is -2.27. The number of carbonyl (C=O) groups is 1. The van der Waals surface area contributed by atoms with Gasteiger partial charge in [-0.05, 0) is 38.0 Å². The van der Waals surface area contributed by atoms with Crippen LogP contribution in [0.2, 0.25) is 0 Å².